The highest BCUT2D eigenvalue weighted by atomic mass is 19.1. The summed E-state index contributed by atoms with van der Waals surface area (Å²) in [7, 11) is 0. The fourth-order valence-corrected chi connectivity index (χ4v) is 2.62. The number of carbonyl (C=O) groups excluding carboxylic acids is 1. The molecule has 27 heavy (non-hydrogen) atoms. The summed E-state index contributed by atoms with van der Waals surface area (Å²) >= 11 is 0. The molecule has 0 unspecified atom stereocenters. The van der Waals surface area contributed by atoms with E-state index >= 15 is 0 Å². The van der Waals surface area contributed by atoms with Crippen LogP contribution in [0.25, 0.3) is 4.85 Å². The van der Waals surface area contributed by atoms with Crippen molar-refractivity contribution in [3.63, 3.8) is 0 Å². The van der Waals surface area contributed by atoms with Gasteiger partial charge in [-0.15, -0.1) is 0 Å². The third-order valence-corrected chi connectivity index (χ3v) is 4.12. The lowest BCUT2D eigenvalue weighted by Gasteiger charge is -2.15. The minimum absolute atomic E-state index is 0.0852. The normalized spacial score (nSPS) is 11.4. The van der Waals surface area contributed by atoms with Gasteiger partial charge in [-0.1, -0.05) is 36.4 Å². The zero-order chi connectivity index (χ0) is 19.2. The van der Waals surface area contributed by atoms with E-state index in [0.29, 0.717) is 17.0 Å². The second-order valence-electron chi connectivity index (χ2n) is 6.10. The lowest BCUT2D eigenvalue weighted by atomic mass is 10.0. The van der Waals surface area contributed by atoms with Gasteiger partial charge in [-0.2, -0.15) is 0 Å². The maximum absolute atomic E-state index is 13.0. The molecular weight excluding hydrogens is 343 g/mol. The Hall–Kier alpha value is -3.52. The molecule has 0 aliphatic heterocycles. The van der Waals surface area contributed by atoms with Crippen LogP contribution in [0.3, 0.4) is 0 Å². The summed E-state index contributed by atoms with van der Waals surface area (Å²) in [5.74, 6) is 0.0867. The topological polar surface area (TPSA) is 43.5 Å². The number of ketones is 1. The molecule has 0 aliphatic rings. The zero-order valence-electron chi connectivity index (χ0n) is 14.7. The van der Waals surface area contributed by atoms with E-state index in [-0.39, 0.29) is 24.1 Å². The average Bonchev–Trinajstić information content (AvgIpc) is 2.69. The number of ether oxygens (including phenoxy) is 1. The summed E-state index contributed by atoms with van der Waals surface area (Å²) < 4.78 is 18.9. The first-order valence-electron chi connectivity index (χ1n) is 8.42. The molecule has 0 amide bonds. The van der Waals surface area contributed by atoms with Gasteiger partial charge in [0.05, 0.1) is 12.8 Å². The number of halogens is 1. The molecule has 3 aromatic rings. The van der Waals surface area contributed by atoms with Crippen molar-refractivity contribution in [2.75, 3.05) is 0 Å². The Morgan fingerprint density at radius 3 is 2.52 bits per heavy atom. The summed E-state index contributed by atoms with van der Waals surface area (Å²) in [6.07, 6.45) is 2.96. The molecule has 0 fully saturated rings. The number of carbonyl (C=O) groups is 1. The minimum Gasteiger partial charge on any atom is -0.484 e. The number of benzene rings is 2. The second kappa shape index (κ2) is 8.24. The molecule has 1 heterocycles. The lowest BCUT2D eigenvalue weighted by molar-refractivity contribution is 0.0991. The van der Waals surface area contributed by atoms with Gasteiger partial charge in [0.15, 0.2) is 11.5 Å². The Morgan fingerprint density at radius 1 is 1.15 bits per heavy atom. The fourth-order valence-electron chi connectivity index (χ4n) is 2.62. The van der Waals surface area contributed by atoms with Crippen LogP contribution in [0.15, 0.2) is 67.0 Å². The first-order valence-corrected chi connectivity index (χ1v) is 8.42. The Morgan fingerprint density at radius 2 is 1.85 bits per heavy atom. The Labute approximate surface area is 157 Å². The highest BCUT2D eigenvalue weighted by Gasteiger charge is 2.12. The average molecular weight is 360 g/mol. The Kier molecular flexibility index (Phi) is 5.58. The molecule has 0 aliphatic carbocycles. The highest BCUT2D eigenvalue weighted by molar-refractivity contribution is 5.97. The van der Waals surface area contributed by atoms with Crippen molar-refractivity contribution in [2.45, 2.75) is 19.4 Å². The van der Waals surface area contributed by atoms with Crippen LogP contribution >= 0.6 is 0 Å². The van der Waals surface area contributed by atoms with E-state index in [2.05, 4.69) is 9.83 Å². The molecule has 0 N–H and O–H groups in total. The van der Waals surface area contributed by atoms with Gasteiger partial charge in [-0.25, -0.2) is 9.24 Å². The number of nitrogens with zero attached hydrogens (tertiary/aromatic N) is 2. The highest BCUT2D eigenvalue weighted by Crippen LogP contribution is 2.23. The quantitative estimate of drug-likeness (QED) is 0.440. The molecule has 0 bridgehead atoms. The molecule has 1 aromatic heterocycles. The summed E-state index contributed by atoms with van der Waals surface area (Å²) in [6.45, 7) is 8.81. The summed E-state index contributed by atoms with van der Waals surface area (Å²) in [5, 5.41) is 0. The van der Waals surface area contributed by atoms with Gasteiger partial charge in [0.25, 0.3) is 0 Å². The standard InChI is InChI=1S/C22H17FN2O2/c1-15(17-5-7-19(23)8-6-17)27-21-12-18(13-25-14-21)22(26)11-16-3-9-20(24-2)10-4-16/h3-10,12-15H,11H2,1H3/t15-/m1/s1. The van der Waals surface area contributed by atoms with Crippen molar-refractivity contribution < 1.29 is 13.9 Å². The van der Waals surface area contributed by atoms with Gasteiger partial charge in [-0.05, 0) is 36.2 Å². The molecule has 1 atom stereocenters. The molecular formula is C22H17FN2O2. The van der Waals surface area contributed by atoms with Crippen molar-refractivity contribution in [2.24, 2.45) is 0 Å². The van der Waals surface area contributed by atoms with Gasteiger partial charge in [-0.3, -0.25) is 9.78 Å². The van der Waals surface area contributed by atoms with Gasteiger partial charge in [0.1, 0.15) is 17.7 Å². The third kappa shape index (κ3) is 4.77. The summed E-state index contributed by atoms with van der Waals surface area (Å²) in [4.78, 5) is 19.9. The van der Waals surface area contributed by atoms with E-state index in [1.165, 1.54) is 18.3 Å². The van der Waals surface area contributed by atoms with Crippen LogP contribution in [-0.2, 0) is 6.42 Å². The maximum atomic E-state index is 13.0. The molecule has 5 heteroatoms. The first kappa shape index (κ1) is 18.3. The SMILES string of the molecule is [C-]#[N+]c1ccc(CC(=O)c2cncc(O[C@H](C)c3ccc(F)cc3)c2)cc1. The van der Waals surface area contributed by atoms with Gasteiger partial charge in [0.2, 0.25) is 0 Å². The van der Waals surface area contributed by atoms with Crippen molar-refractivity contribution in [1.29, 1.82) is 0 Å². The number of Topliss-reactive ketones (excluding diaryl/α,β-unsaturated/α-hetero) is 1. The number of pyridine rings is 1. The van der Waals surface area contributed by atoms with E-state index in [0.717, 1.165) is 11.1 Å². The van der Waals surface area contributed by atoms with Crippen molar-refractivity contribution >= 4 is 11.5 Å². The van der Waals surface area contributed by atoms with Crippen molar-refractivity contribution in [1.82, 2.24) is 4.98 Å². The number of rotatable bonds is 6. The molecule has 0 saturated carbocycles. The summed E-state index contributed by atoms with van der Waals surface area (Å²) in [5.41, 5.74) is 2.65. The lowest BCUT2D eigenvalue weighted by Crippen LogP contribution is -2.07. The molecule has 0 spiro atoms. The van der Waals surface area contributed by atoms with Gasteiger partial charge >= 0.3 is 0 Å². The van der Waals surface area contributed by atoms with Crippen LogP contribution in [0.5, 0.6) is 5.75 Å². The van der Waals surface area contributed by atoms with Crippen LogP contribution in [0.2, 0.25) is 0 Å². The third-order valence-electron chi connectivity index (χ3n) is 4.12. The van der Waals surface area contributed by atoms with Gasteiger partial charge in [0, 0.05) is 18.2 Å². The first-order chi connectivity index (χ1) is 13.0. The maximum Gasteiger partial charge on any atom is 0.187 e. The van der Waals surface area contributed by atoms with Crippen molar-refractivity contribution in [3.05, 3.63) is 101 Å². The van der Waals surface area contributed by atoms with Crippen LogP contribution in [0.4, 0.5) is 10.1 Å². The van der Waals surface area contributed by atoms with E-state index in [1.54, 1.807) is 48.7 Å². The second-order valence-corrected chi connectivity index (χ2v) is 6.10. The van der Waals surface area contributed by atoms with Gasteiger partial charge < -0.3 is 4.74 Å². The fraction of sp³-hybridized carbons (Fsp3) is 0.136. The molecule has 2 aromatic carbocycles. The van der Waals surface area contributed by atoms with Crippen LogP contribution in [0.1, 0.15) is 34.5 Å². The largest absolute Gasteiger partial charge is 0.484 e. The van der Waals surface area contributed by atoms with Crippen LogP contribution < -0.4 is 4.74 Å². The predicted octanol–water partition coefficient (Wildman–Crippen LogP) is 5.34. The van der Waals surface area contributed by atoms with E-state index in [4.69, 9.17) is 11.3 Å². The van der Waals surface area contributed by atoms with E-state index in [9.17, 15) is 9.18 Å². The van der Waals surface area contributed by atoms with E-state index in [1.807, 2.05) is 6.92 Å². The Balaban J connectivity index is 1.69. The van der Waals surface area contributed by atoms with Crippen molar-refractivity contribution in [3.8, 4) is 5.75 Å². The molecule has 0 saturated heterocycles. The number of hydrogen-bond donors (Lipinski definition) is 0. The predicted molar refractivity (Wildman–Crippen MR) is 100 cm³/mol. The minimum atomic E-state index is -0.307. The number of aromatic nitrogens is 1. The molecule has 134 valence electrons. The molecule has 0 radical (unpaired) electrons. The molecule has 4 nitrogen and oxygen atoms in total. The van der Waals surface area contributed by atoms with Crippen LogP contribution in [-0.4, -0.2) is 10.8 Å². The Bertz CT molecular complexity index is 976. The monoisotopic (exact) mass is 360 g/mol. The van der Waals surface area contributed by atoms with E-state index < -0.39 is 0 Å². The number of hydrogen-bond acceptors (Lipinski definition) is 3. The summed E-state index contributed by atoms with van der Waals surface area (Å²) in [6, 6.07) is 14.7. The van der Waals surface area contributed by atoms with Crippen LogP contribution in [0, 0.1) is 12.4 Å². The smallest absolute Gasteiger partial charge is 0.187 e. The molecule has 3 rings (SSSR count). The zero-order valence-corrected chi connectivity index (χ0v) is 14.7.